The molecule has 1 amide bonds. The fraction of sp³-hybridized carbons (Fsp3) is 0.458. The van der Waals surface area contributed by atoms with Crippen LogP contribution in [0.1, 0.15) is 67.2 Å². The summed E-state index contributed by atoms with van der Waals surface area (Å²) in [5.74, 6) is -0.0692. The van der Waals surface area contributed by atoms with E-state index in [1.165, 1.54) is 12.1 Å². The first-order valence-electron chi connectivity index (χ1n) is 11.3. The zero-order chi connectivity index (χ0) is 24.6. The van der Waals surface area contributed by atoms with Crippen molar-refractivity contribution in [3.8, 4) is 0 Å². The number of aromatic nitrogens is 3. The van der Waals surface area contributed by atoms with Crippen molar-refractivity contribution in [3.63, 3.8) is 0 Å². The van der Waals surface area contributed by atoms with Crippen LogP contribution in [0.5, 0.6) is 0 Å². The molecule has 0 spiro atoms. The van der Waals surface area contributed by atoms with Crippen LogP contribution in [0.3, 0.4) is 0 Å². The first-order chi connectivity index (χ1) is 16.0. The number of nitrogens with one attached hydrogen (secondary N) is 2. The SMILES string of the molecule is CC(C)c1nn(C)cc1C(=O)N[C@@H]1CCC[C@H](Nc2cc(C(F)(F)F)nc3ccc(Cl)cc23)C1. The first-order valence-corrected chi connectivity index (χ1v) is 11.7. The number of rotatable bonds is 5. The van der Waals surface area contributed by atoms with Gasteiger partial charge in [0, 0.05) is 41.4 Å². The third-order valence-corrected chi connectivity index (χ3v) is 6.31. The van der Waals surface area contributed by atoms with Crippen molar-refractivity contribution in [2.45, 2.75) is 63.7 Å². The number of carbonyl (C=O) groups excluding carboxylic acids is 1. The van der Waals surface area contributed by atoms with E-state index in [2.05, 4.69) is 20.7 Å². The van der Waals surface area contributed by atoms with Crippen LogP contribution >= 0.6 is 11.6 Å². The van der Waals surface area contributed by atoms with Crippen molar-refractivity contribution in [3.05, 3.63) is 52.4 Å². The number of hydrogen-bond acceptors (Lipinski definition) is 4. The molecule has 2 heterocycles. The maximum Gasteiger partial charge on any atom is 0.433 e. The molecule has 2 aromatic heterocycles. The summed E-state index contributed by atoms with van der Waals surface area (Å²) >= 11 is 6.11. The van der Waals surface area contributed by atoms with Crippen molar-refractivity contribution in [2.75, 3.05) is 5.32 Å². The fourth-order valence-electron chi connectivity index (χ4n) is 4.50. The average Bonchev–Trinajstić information content (AvgIpc) is 3.16. The molecule has 0 unspecified atom stereocenters. The molecule has 1 aliphatic rings. The Balaban J connectivity index is 1.53. The second-order valence-electron chi connectivity index (χ2n) is 9.15. The molecule has 0 saturated heterocycles. The van der Waals surface area contributed by atoms with E-state index in [9.17, 15) is 18.0 Å². The van der Waals surface area contributed by atoms with Gasteiger partial charge >= 0.3 is 6.18 Å². The van der Waals surface area contributed by atoms with Crippen molar-refractivity contribution in [2.24, 2.45) is 7.05 Å². The number of hydrogen-bond donors (Lipinski definition) is 2. The van der Waals surface area contributed by atoms with E-state index in [4.69, 9.17) is 11.6 Å². The summed E-state index contributed by atoms with van der Waals surface area (Å²) in [5, 5.41) is 11.7. The number of amides is 1. The van der Waals surface area contributed by atoms with E-state index >= 15 is 0 Å². The van der Waals surface area contributed by atoms with E-state index in [-0.39, 0.29) is 29.4 Å². The Labute approximate surface area is 200 Å². The molecule has 3 aromatic rings. The number of fused-ring (bicyclic) bond motifs is 1. The van der Waals surface area contributed by atoms with Crippen molar-refractivity contribution in [1.29, 1.82) is 0 Å². The highest BCUT2D eigenvalue weighted by atomic mass is 35.5. The minimum absolute atomic E-state index is 0.0993. The Morgan fingerprint density at radius 2 is 1.94 bits per heavy atom. The van der Waals surface area contributed by atoms with Gasteiger partial charge in [-0.3, -0.25) is 9.48 Å². The predicted molar refractivity (Wildman–Crippen MR) is 126 cm³/mol. The summed E-state index contributed by atoms with van der Waals surface area (Å²) in [5.41, 5.74) is 0.900. The first kappa shape index (κ1) is 24.3. The summed E-state index contributed by atoms with van der Waals surface area (Å²) in [6.45, 7) is 3.97. The Hall–Kier alpha value is -2.81. The quantitative estimate of drug-likeness (QED) is 0.463. The molecule has 1 saturated carbocycles. The molecule has 34 heavy (non-hydrogen) atoms. The third-order valence-electron chi connectivity index (χ3n) is 6.08. The zero-order valence-corrected chi connectivity index (χ0v) is 20.0. The molecule has 0 bridgehead atoms. The van der Waals surface area contributed by atoms with Crippen LogP contribution in [0.25, 0.3) is 10.9 Å². The van der Waals surface area contributed by atoms with Gasteiger partial charge in [0.1, 0.15) is 5.69 Å². The molecular formula is C24H27ClF3N5O. The lowest BCUT2D eigenvalue weighted by molar-refractivity contribution is -0.140. The highest BCUT2D eigenvalue weighted by Gasteiger charge is 2.34. The van der Waals surface area contributed by atoms with Gasteiger partial charge in [0.05, 0.1) is 16.8 Å². The number of halogens is 4. The van der Waals surface area contributed by atoms with Crippen LogP contribution in [0.2, 0.25) is 5.02 Å². The second kappa shape index (κ2) is 9.44. The van der Waals surface area contributed by atoms with Crippen molar-refractivity contribution >= 4 is 34.1 Å². The maximum atomic E-state index is 13.4. The van der Waals surface area contributed by atoms with Gasteiger partial charge in [-0.25, -0.2) is 4.98 Å². The van der Waals surface area contributed by atoms with E-state index < -0.39 is 11.9 Å². The number of pyridine rings is 1. The molecule has 2 N–H and O–H groups in total. The van der Waals surface area contributed by atoms with E-state index in [0.29, 0.717) is 28.1 Å². The minimum atomic E-state index is -4.56. The molecule has 6 nitrogen and oxygen atoms in total. The number of alkyl halides is 3. The highest BCUT2D eigenvalue weighted by Crippen LogP contribution is 2.35. The third kappa shape index (κ3) is 5.29. The Bertz CT molecular complexity index is 1210. The fourth-order valence-corrected chi connectivity index (χ4v) is 4.68. The number of benzene rings is 1. The maximum absolute atomic E-state index is 13.4. The number of nitrogens with zero attached hydrogens (tertiary/aromatic N) is 3. The Morgan fingerprint density at radius 1 is 1.21 bits per heavy atom. The van der Waals surface area contributed by atoms with Crippen LogP contribution in [-0.2, 0) is 13.2 Å². The molecule has 1 aliphatic carbocycles. The van der Waals surface area contributed by atoms with E-state index in [1.54, 1.807) is 24.0 Å². The lowest BCUT2D eigenvalue weighted by Gasteiger charge is -2.31. The predicted octanol–water partition coefficient (Wildman–Crippen LogP) is 5.92. The molecule has 10 heteroatoms. The van der Waals surface area contributed by atoms with Gasteiger partial charge in [0.25, 0.3) is 5.91 Å². The normalized spacial score (nSPS) is 18.9. The van der Waals surface area contributed by atoms with E-state index in [1.807, 2.05) is 13.8 Å². The van der Waals surface area contributed by atoms with Gasteiger partial charge in [0.15, 0.2) is 0 Å². The molecule has 0 radical (unpaired) electrons. The number of anilines is 1. The van der Waals surface area contributed by atoms with Crippen LogP contribution in [0.4, 0.5) is 18.9 Å². The number of aryl methyl sites for hydroxylation is 1. The van der Waals surface area contributed by atoms with Gasteiger partial charge < -0.3 is 10.6 Å². The van der Waals surface area contributed by atoms with Crippen LogP contribution in [0.15, 0.2) is 30.5 Å². The minimum Gasteiger partial charge on any atom is -0.382 e. The molecule has 1 fully saturated rings. The summed E-state index contributed by atoms with van der Waals surface area (Å²) in [6, 6.07) is 5.45. The van der Waals surface area contributed by atoms with Gasteiger partial charge in [0.2, 0.25) is 0 Å². The smallest absolute Gasteiger partial charge is 0.382 e. The summed E-state index contributed by atoms with van der Waals surface area (Å²) in [6.07, 6.45) is 0.164. The molecule has 0 aliphatic heterocycles. The zero-order valence-electron chi connectivity index (χ0n) is 19.2. The average molecular weight is 494 g/mol. The number of carbonyl (C=O) groups is 1. The molecule has 1 aromatic carbocycles. The lowest BCUT2D eigenvalue weighted by Crippen LogP contribution is -2.42. The summed E-state index contributed by atoms with van der Waals surface area (Å²) < 4.78 is 42.0. The summed E-state index contributed by atoms with van der Waals surface area (Å²) in [4.78, 5) is 16.7. The van der Waals surface area contributed by atoms with Crippen LogP contribution < -0.4 is 10.6 Å². The Kier molecular flexibility index (Phi) is 6.75. The molecule has 182 valence electrons. The largest absolute Gasteiger partial charge is 0.433 e. The van der Waals surface area contributed by atoms with Crippen LogP contribution in [0, 0.1) is 0 Å². The van der Waals surface area contributed by atoms with Crippen molar-refractivity contribution < 1.29 is 18.0 Å². The monoisotopic (exact) mass is 493 g/mol. The van der Waals surface area contributed by atoms with E-state index in [0.717, 1.165) is 31.0 Å². The van der Waals surface area contributed by atoms with Gasteiger partial charge in [-0.2, -0.15) is 18.3 Å². The molecule has 4 rings (SSSR count). The van der Waals surface area contributed by atoms with Crippen LogP contribution in [-0.4, -0.2) is 32.8 Å². The summed E-state index contributed by atoms with van der Waals surface area (Å²) in [7, 11) is 1.78. The molecule has 2 atom stereocenters. The van der Waals surface area contributed by atoms with Gasteiger partial charge in [-0.15, -0.1) is 0 Å². The topological polar surface area (TPSA) is 71.8 Å². The highest BCUT2D eigenvalue weighted by molar-refractivity contribution is 6.31. The Morgan fingerprint density at radius 3 is 2.65 bits per heavy atom. The standard InChI is InChI=1S/C24H27ClF3N5O/c1-13(2)22-18(12-33(3)32-22)23(34)30-16-6-4-5-15(10-16)29-20-11-21(24(26,27)28)31-19-8-7-14(25)9-17(19)20/h7-9,11-13,15-16H,4-6,10H2,1-3H3,(H,29,31)(H,30,34)/t15-,16+/m0/s1. The van der Waals surface area contributed by atoms with Crippen molar-refractivity contribution in [1.82, 2.24) is 20.1 Å². The molecular weight excluding hydrogens is 467 g/mol. The van der Waals surface area contributed by atoms with Gasteiger partial charge in [-0.1, -0.05) is 25.4 Å². The lowest BCUT2D eigenvalue weighted by atomic mass is 9.90. The van der Waals surface area contributed by atoms with Gasteiger partial charge in [-0.05, 0) is 55.9 Å². The second-order valence-corrected chi connectivity index (χ2v) is 9.59.